The molecule has 6 heteroatoms. The molecule has 1 aromatic heterocycles. The van der Waals surface area contributed by atoms with Crippen LogP contribution < -0.4 is 15.0 Å². The molecule has 0 saturated heterocycles. The van der Waals surface area contributed by atoms with Gasteiger partial charge in [-0.1, -0.05) is 11.3 Å². The second-order valence-corrected chi connectivity index (χ2v) is 6.13. The molecule has 0 radical (unpaired) electrons. The standard InChI is InChI=1S/C13H23N3O2S/c1-16(2)13-15-12(18-4)11(19-13)8-14-9-5-6-10(7-9)17-3/h9-10,14H,5-8H2,1-4H3. The summed E-state index contributed by atoms with van der Waals surface area (Å²) in [6.45, 7) is 0.815. The maximum atomic E-state index is 5.39. The van der Waals surface area contributed by atoms with E-state index in [-0.39, 0.29) is 0 Å². The second-order valence-electron chi connectivity index (χ2n) is 5.07. The maximum Gasteiger partial charge on any atom is 0.230 e. The number of anilines is 1. The Morgan fingerprint density at radius 2 is 2.16 bits per heavy atom. The summed E-state index contributed by atoms with van der Waals surface area (Å²) < 4.78 is 10.7. The minimum atomic E-state index is 0.415. The summed E-state index contributed by atoms with van der Waals surface area (Å²) in [6, 6.07) is 0.541. The molecule has 1 saturated carbocycles. The number of ether oxygens (including phenoxy) is 2. The molecule has 0 bridgehead atoms. The van der Waals surface area contributed by atoms with Gasteiger partial charge in [0.25, 0.3) is 0 Å². The first kappa shape index (κ1) is 14.6. The van der Waals surface area contributed by atoms with Crippen LogP contribution >= 0.6 is 11.3 Å². The first-order valence-electron chi connectivity index (χ1n) is 6.61. The van der Waals surface area contributed by atoms with E-state index in [2.05, 4.69) is 10.3 Å². The molecule has 1 fully saturated rings. The minimum Gasteiger partial charge on any atom is -0.480 e. The molecule has 19 heavy (non-hydrogen) atoms. The first-order chi connectivity index (χ1) is 9.13. The van der Waals surface area contributed by atoms with Crippen molar-refractivity contribution in [2.24, 2.45) is 0 Å². The lowest BCUT2D eigenvalue weighted by molar-refractivity contribution is 0.107. The number of aromatic nitrogens is 1. The Bertz CT molecular complexity index is 409. The van der Waals surface area contributed by atoms with Crippen LogP contribution in [0.4, 0.5) is 5.13 Å². The van der Waals surface area contributed by atoms with Gasteiger partial charge in [0.2, 0.25) is 5.88 Å². The normalized spacial score (nSPS) is 22.7. The molecule has 1 aliphatic carbocycles. The molecule has 0 spiro atoms. The van der Waals surface area contributed by atoms with Gasteiger partial charge in [0.15, 0.2) is 5.13 Å². The van der Waals surface area contributed by atoms with Gasteiger partial charge in [-0.05, 0) is 19.3 Å². The Morgan fingerprint density at radius 3 is 2.74 bits per heavy atom. The number of nitrogens with zero attached hydrogens (tertiary/aromatic N) is 2. The summed E-state index contributed by atoms with van der Waals surface area (Å²) in [5.41, 5.74) is 0. The van der Waals surface area contributed by atoms with Crippen LogP contribution in [0.15, 0.2) is 0 Å². The van der Waals surface area contributed by atoms with Crippen LogP contribution in [0.25, 0.3) is 0 Å². The Kier molecular flexibility index (Phi) is 5.01. The highest BCUT2D eigenvalue weighted by Gasteiger charge is 2.24. The molecule has 1 aromatic rings. The molecule has 0 aliphatic heterocycles. The zero-order chi connectivity index (χ0) is 13.8. The summed E-state index contributed by atoms with van der Waals surface area (Å²) in [7, 11) is 7.46. The van der Waals surface area contributed by atoms with Crippen LogP contribution in [-0.4, -0.2) is 45.4 Å². The zero-order valence-corrected chi connectivity index (χ0v) is 12.9. The highest BCUT2D eigenvalue weighted by atomic mass is 32.1. The van der Waals surface area contributed by atoms with E-state index in [0.717, 1.165) is 35.3 Å². The van der Waals surface area contributed by atoms with Gasteiger partial charge in [0.1, 0.15) is 0 Å². The predicted molar refractivity (Wildman–Crippen MR) is 78.3 cm³/mol. The third-order valence-corrected chi connectivity index (χ3v) is 4.70. The molecule has 2 rings (SSSR count). The third-order valence-electron chi connectivity index (χ3n) is 3.50. The van der Waals surface area contributed by atoms with Gasteiger partial charge in [0.05, 0.1) is 18.1 Å². The fourth-order valence-corrected chi connectivity index (χ4v) is 3.27. The average Bonchev–Trinajstić information content (AvgIpc) is 3.02. The molecule has 1 N–H and O–H groups in total. The fourth-order valence-electron chi connectivity index (χ4n) is 2.36. The zero-order valence-electron chi connectivity index (χ0n) is 12.1. The molecule has 1 aliphatic rings. The van der Waals surface area contributed by atoms with E-state index in [1.54, 1.807) is 25.6 Å². The highest BCUT2D eigenvalue weighted by Crippen LogP contribution is 2.31. The van der Waals surface area contributed by atoms with Crippen LogP contribution in [-0.2, 0) is 11.3 Å². The quantitative estimate of drug-likeness (QED) is 0.864. The lowest BCUT2D eigenvalue weighted by Gasteiger charge is -2.12. The molecule has 5 nitrogen and oxygen atoms in total. The van der Waals surface area contributed by atoms with Crippen molar-refractivity contribution in [3.63, 3.8) is 0 Å². The smallest absolute Gasteiger partial charge is 0.230 e. The fraction of sp³-hybridized carbons (Fsp3) is 0.769. The maximum absolute atomic E-state index is 5.39. The minimum absolute atomic E-state index is 0.415. The Morgan fingerprint density at radius 1 is 1.37 bits per heavy atom. The van der Waals surface area contributed by atoms with Crippen molar-refractivity contribution in [2.45, 2.75) is 38.0 Å². The Labute approximate surface area is 118 Å². The van der Waals surface area contributed by atoms with Crippen LogP contribution in [0, 0.1) is 0 Å². The van der Waals surface area contributed by atoms with Gasteiger partial charge in [-0.2, -0.15) is 4.98 Å². The SMILES string of the molecule is COc1nc(N(C)C)sc1CNC1CCC(OC)C1. The third kappa shape index (κ3) is 3.58. The molecule has 0 amide bonds. The van der Waals surface area contributed by atoms with Gasteiger partial charge in [-0.3, -0.25) is 0 Å². The number of methoxy groups -OCH3 is 2. The lowest BCUT2D eigenvalue weighted by atomic mass is 10.2. The van der Waals surface area contributed by atoms with Crippen molar-refractivity contribution in [3.05, 3.63) is 4.88 Å². The van der Waals surface area contributed by atoms with Crippen molar-refractivity contribution >= 4 is 16.5 Å². The number of rotatable bonds is 6. The average molecular weight is 285 g/mol. The summed E-state index contributed by atoms with van der Waals surface area (Å²) >= 11 is 1.68. The van der Waals surface area contributed by atoms with Gasteiger partial charge in [0, 0.05) is 33.8 Å². The van der Waals surface area contributed by atoms with Gasteiger partial charge < -0.3 is 19.7 Å². The molecule has 1 heterocycles. The van der Waals surface area contributed by atoms with E-state index in [1.165, 1.54) is 6.42 Å². The van der Waals surface area contributed by atoms with E-state index >= 15 is 0 Å². The number of hydrogen-bond donors (Lipinski definition) is 1. The molecular weight excluding hydrogens is 262 g/mol. The summed E-state index contributed by atoms with van der Waals surface area (Å²) in [5, 5.41) is 4.56. The van der Waals surface area contributed by atoms with E-state index in [4.69, 9.17) is 9.47 Å². The van der Waals surface area contributed by atoms with E-state index in [0.29, 0.717) is 12.1 Å². The van der Waals surface area contributed by atoms with Crippen LogP contribution in [0.2, 0.25) is 0 Å². The van der Waals surface area contributed by atoms with Gasteiger partial charge >= 0.3 is 0 Å². The number of nitrogens with one attached hydrogen (secondary N) is 1. The largest absolute Gasteiger partial charge is 0.480 e. The van der Waals surface area contributed by atoms with E-state index < -0.39 is 0 Å². The van der Waals surface area contributed by atoms with Gasteiger partial charge in [-0.15, -0.1) is 0 Å². The topological polar surface area (TPSA) is 46.6 Å². The van der Waals surface area contributed by atoms with Crippen LogP contribution in [0.1, 0.15) is 24.1 Å². The van der Waals surface area contributed by atoms with E-state index in [1.807, 2.05) is 19.0 Å². The van der Waals surface area contributed by atoms with Crippen LogP contribution in [0.3, 0.4) is 0 Å². The lowest BCUT2D eigenvalue weighted by Crippen LogP contribution is -2.26. The van der Waals surface area contributed by atoms with Crippen molar-refractivity contribution in [1.82, 2.24) is 10.3 Å². The molecule has 0 aromatic carbocycles. The predicted octanol–water partition coefficient (Wildman–Crippen LogP) is 1.87. The summed E-state index contributed by atoms with van der Waals surface area (Å²) in [4.78, 5) is 7.63. The van der Waals surface area contributed by atoms with Crippen LogP contribution in [0.5, 0.6) is 5.88 Å². The molecule has 108 valence electrons. The molecule has 2 atom stereocenters. The monoisotopic (exact) mass is 285 g/mol. The number of hydrogen-bond acceptors (Lipinski definition) is 6. The van der Waals surface area contributed by atoms with E-state index in [9.17, 15) is 0 Å². The molecule has 2 unspecified atom stereocenters. The van der Waals surface area contributed by atoms with Crippen molar-refractivity contribution in [1.29, 1.82) is 0 Å². The Hall–Kier alpha value is -0.850. The second kappa shape index (κ2) is 6.54. The first-order valence-corrected chi connectivity index (χ1v) is 7.43. The van der Waals surface area contributed by atoms with Crippen molar-refractivity contribution in [2.75, 3.05) is 33.2 Å². The summed E-state index contributed by atoms with van der Waals surface area (Å²) in [6.07, 6.45) is 3.84. The van der Waals surface area contributed by atoms with Crippen molar-refractivity contribution < 1.29 is 9.47 Å². The highest BCUT2D eigenvalue weighted by molar-refractivity contribution is 7.15. The Balaban J connectivity index is 1.92. The molecular formula is C13H23N3O2S. The van der Waals surface area contributed by atoms with Gasteiger partial charge in [-0.25, -0.2) is 0 Å². The number of thiazole rings is 1. The van der Waals surface area contributed by atoms with Crippen molar-refractivity contribution in [3.8, 4) is 5.88 Å². The summed E-state index contributed by atoms with van der Waals surface area (Å²) in [5.74, 6) is 0.738.